The van der Waals surface area contributed by atoms with Gasteiger partial charge in [-0.3, -0.25) is 4.79 Å². The molecule has 3 aromatic rings. The number of anilines is 1. The Labute approximate surface area is 176 Å². The lowest BCUT2D eigenvalue weighted by Gasteiger charge is -2.40. The molecule has 2 atom stereocenters. The van der Waals surface area contributed by atoms with E-state index in [9.17, 15) is 4.79 Å². The van der Waals surface area contributed by atoms with E-state index < -0.39 is 0 Å². The molecule has 0 saturated heterocycles. The lowest BCUT2D eigenvalue weighted by Crippen LogP contribution is -2.46. The maximum Gasteiger partial charge on any atom is 0.238 e. The standard InChI is InChI=1S/C24H26ClN3O/c1-15-12-20-19-4-2-3-5-21(19)27-23(20)24(28(15)22(29)13-25)17-8-10-18(11-9-17)26-14-16-6-7-16/h2-5,8-11,15-16,24,26-27H,6-7,12-14H2,1H3/t15-,24-/m0/s1. The van der Waals surface area contributed by atoms with Gasteiger partial charge in [0.2, 0.25) is 5.91 Å². The lowest BCUT2D eigenvalue weighted by atomic mass is 9.88. The summed E-state index contributed by atoms with van der Waals surface area (Å²) in [7, 11) is 0. The minimum Gasteiger partial charge on any atom is -0.385 e. The third-order valence-electron chi connectivity index (χ3n) is 6.29. The van der Waals surface area contributed by atoms with E-state index in [1.165, 1.54) is 23.8 Å². The first-order chi connectivity index (χ1) is 14.2. The second-order valence-corrected chi connectivity index (χ2v) is 8.67. The van der Waals surface area contributed by atoms with E-state index >= 15 is 0 Å². The smallest absolute Gasteiger partial charge is 0.238 e. The first kappa shape index (κ1) is 18.6. The van der Waals surface area contributed by atoms with E-state index in [4.69, 9.17) is 11.6 Å². The molecule has 2 heterocycles. The van der Waals surface area contributed by atoms with Crippen LogP contribution in [0.3, 0.4) is 0 Å². The number of nitrogens with zero attached hydrogens (tertiary/aromatic N) is 1. The summed E-state index contributed by atoms with van der Waals surface area (Å²) in [5, 5.41) is 4.77. The maximum absolute atomic E-state index is 12.8. The second-order valence-electron chi connectivity index (χ2n) is 8.40. The molecule has 2 N–H and O–H groups in total. The average molecular weight is 408 g/mol. The molecule has 0 spiro atoms. The number of hydrogen-bond donors (Lipinski definition) is 2. The number of H-pyrrole nitrogens is 1. The van der Waals surface area contributed by atoms with Gasteiger partial charge in [0.15, 0.2) is 0 Å². The van der Waals surface area contributed by atoms with Gasteiger partial charge in [-0.15, -0.1) is 11.6 Å². The van der Waals surface area contributed by atoms with E-state index in [1.807, 2.05) is 11.0 Å². The van der Waals surface area contributed by atoms with E-state index in [0.29, 0.717) is 0 Å². The van der Waals surface area contributed by atoms with Gasteiger partial charge < -0.3 is 15.2 Å². The predicted molar refractivity (Wildman–Crippen MR) is 119 cm³/mol. The number of amides is 1. The van der Waals surface area contributed by atoms with Crippen LogP contribution in [-0.2, 0) is 11.2 Å². The van der Waals surface area contributed by atoms with Crippen molar-refractivity contribution >= 4 is 34.1 Å². The molecule has 0 radical (unpaired) electrons. The number of carbonyl (C=O) groups is 1. The number of aromatic amines is 1. The molecule has 5 heteroatoms. The van der Waals surface area contributed by atoms with Gasteiger partial charge in [0, 0.05) is 34.9 Å². The molecular formula is C24H26ClN3O. The third kappa shape index (κ3) is 3.40. The highest BCUT2D eigenvalue weighted by Gasteiger charge is 2.38. The molecule has 2 aliphatic rings. The summed E-state index contributed by atoms with van der Waals surface area (Å²) in [5.41, 5.74) is 5.79. The second kappa shape index (κ2) is 7.42. The molecule has 2 aromatic carbocycles. The van der Waals surface area contributed by atoms with Gasteiger partial charge in [0.1, 0.15) is 5.88 Å². The monoisotopic (exact) mass is 407 g/mol. The van der Waals surface area contributed by atoms with Gasteiger partial charge in [0.05, 0.1) is 6.04 Å². The van der Waals surface area contributed by atoms with Gasteiger partial charge >= 0.3 is 0 Å². The predicted octanol–water partition coefficient (Wildman–Crippen LogP) is 5.09. The van der Waals surface area contributed by atoms with Crippen molar-refractivity contribution in [3.8, 4) is 0 Å². The van der Waals surface area contributed by atoms with Crippen LogP contribution in [-0.4, -0.2) is 34.3 Å². The Balaban J connectivity index is 1.56. The van der Waals surface area contributed by atoms with Crippen molar-refractivity contribution in [3.05, 3.63) is 65.4 Å². The fourth-order valence-corrected chi connectivity index (χ4v) is 4.75. The molecule has 1 saturated carbocycles. The van der Waals surface area contributed by atoms with Crippen molar-refractivity contribution < 1.29 is 4.79 Å². The van der Waals surface area contributed by atoms with Gasteiger partial charge in [-0.05, 0) is 61.4 Å². The quantitative estimate of drug-likeness (QED) is 0.578. The lowest BCUT2D eigenvalue weighted by molar-refractivity contribution is -0.133. The normalized spacial score (nSPS) is 21.2. The average Bonchev–Trinajstić information content (AvgIpc) is 3.51. The fraction of sp³-hybridized carbons (Fsp3) is 0.375. The number of fused-ring (bicyclic) bond motifs is 3. The number of carbonyl (C=O) groups excluding carboxylic acids is 1. The molecule has 1 aliphatic heterocycles. The molecule has 5 rings (SSSR count). The van der Waals surface area contributed by atoms with Crippen molar-refractivity contribution in [2.75, 3.05) is 17.7 Å². The zero-order valence-electron chi connectivity index (χ0n) is 16.6. The van der Waals surface area contributed by atoms with Crippen molar-refractivity contribution in [2.24, 2.45) is 5.92 Å². The number of alkyl halides is 1. The Morgan fingerprint density at radius 1 is 1.17 bits per heavy atom. The molecule has 150 valence electrons. The summed E-state index contributed by atoms with van der Waals surface area (Å²) < 4.78 is 0. The van der Waals surface area contributed by atoms with E-state index in [1.54, 1.807) is 0 Å². The highest BCUT2D eigenvalue weighted by Crippen LogP contribution is 2.41. The Morgan fingerprint density at radius 3 is 2.66 bits per heavy atom. The van der Waals surface area contributed by atoms with Crippen LogP contribution in [0.4, 0.5) is 5.69 Å². The first-order valence-electron chi connectivity index (χ1n) is 10.5. The number of nitrogens with one attached hydrogen (secondary N) is 2. The highest BCUT2D eigenvalue weighted by molar-refractivity contribution is 6.27. The molecule has 1 fully saturated rings. The number of aromatic nitrogens is 1. The van der Waals surface area contributed by atoms with Crippen LogP contribution in [0.25, 0.3) is 10.9 Å². The molecule has 0 unspecified atom stereocenters. The SMILES string of the molecule is C[C@H]1Cc2c([nH]c3ccccc23)[C@H](c2ccc(NCC3CC3)cc2)N1C(=O)CCl. The van der Waals surface area contributed by atoms with Gasteiger partial charge in [-0.2, -0.15) is 0 Å². The van der Waals surface area contributed by atoms with Crippen LogP contribution in [0.2, 0.25) is 0 Å². The molecule has 0 bridgehead atoms. The fourth-order valence-electron chi connectivity index (χ4n) is 4.62. The van der Waals surface area contributed by atoms with Crippen LogP contribution < -0.4 is 5.32 Å². The summed E-state index contributed by atoms with van der Waals surface area (Å²) in [6.07, 6.45) is 3.51. The minimum atomic E-state index is -0.148. The van der Waals surface area contributed by atoms with Gasteiger partial charge in [-0.25, -0.2) is 0 Å². The zero-order valence-corrected chi connectivity index (χ0v) is 17.4. The van der Waals surface area contributed by atoms with Crippen molar-refractivity contribution in [3.63, 3.8) is 0 Å². The summed E-state index contributed by atoms with van der Waals surface area (Å²) in [6.45, 7) is 3.16. The van der Waals surface area contributed by atoms with Crippen molar-refractivity contribution in [1.82, 2.24) is 9.88 Å². The van der Waals surface area contributed by atoms with Crippen LogP contribution >= 0.6 is 11.6 Å². The summed E-state index contributed by atoms with van der Waals surface area (Å²) >= 11 is 6.00. The Hall–Kier alpha value is -2.46. The zero-order chi connectivity index (χ0) is 20.0. The minimum absolute atomic E-state index is 0.00255. The first-order valence-corrected chi connectivity index (χ1v) is 11.0. The Kier molecular flexibility index (Phi) is 4.75. The van der Waals surface area contributed by atoms with Gasteiger partial charge in [0.25, 0.3) is 0 Å². The van der Waals surface area contributed by atoms with E-state index in [0.717, 1.165) is 41.3 Å². The Morgan fingerprint density at radius 2 is 1.93 bits per heavy atom. The van der Waals surface area contributed by atoms with Crippen LogP contribution in [0.5, 0.6) is 0 Å². The van der Waals surface area contributed by atoms with Crippen LogP contribution in [0.1, 0.15) is 42.6 Å². The topological polar surface area (TPSA) is 48.1 Å². The van der Waals surface area contributed by atoms with Crippen LogP contribution in [0.15, 0.2) is 48.5 Å². The molecular weight excluding hydrogens is 382 g/mol. The summed E-state index contributed by atoms with van der Waals surface area (Å²) in [6, 6.07) is 16.9. The van der Waals surface area contributed by atoms with E-state index in [-0.39, 0.29) is 23.9 Å². The summed E-state index contributed by atoms with van der Waals surface area (Å²) in [5.74, 6) is 0.807. The largest absolute Gasteiger partial charge is 0.385 e. The number of halogens is 1. The number of benzene rings is 2. The Bertz CT molecular complexity index is 1040. The van der Waals surface area contributed by atoms with E-state index in [2.05, 4.69) is 59.7 Å². The van der Waals surface area contributed by atoms with Crippen LogP contribution in [0, 0.1) is 5.92 Å². The highest BCUT2D eigenvalue weighted by atomic mass is 35.5. The van der Waals surface area contributed by atoms with Crippen molar-refractivity contribution in [1.29, 1.82) is 0 Å². The number of para-hydroxylation sites is 1. The summed E-state index contributed by atoms with van der Waals surface area (Å²) in [4.78, 5) is 18.4. The maximum atomic E-state index is 12.8. The third-order valence-corrected chi connectivity index (χ3v) is 6.52. The molecule has 1 amide bonds. The molecule has 29 heavy (non-hydrogen) atoms. The number of hydrogen-bond acceptors (Lipinski definition) is 2. The van der Waals surface area contributed by atoms with Crippen molar-refractivity contribution in [2.45, 2.75) is 38.3 Å². The molecule has 1 aliphatic carbocycles. The molecule has 4 nitrogen and oxygen atoms in total. The van der Waals surface area contributed by atoms with Gasteiger partial charge in [-0.1, -0.05) is 30.3 Å². The number of rotatable bonds is 5. The molecule has 1 aromatic heterocycles.